The quantitative estimate of drug-likeness (QED) is 0.126. The third kappa shape index (κ3) is 9.16. The molecule has 4 atom stereocenters. The minimum absolute atomic E-state index is 0.123. The minimum atomic E-state index is -0.646. The number of hydrogen-bond acceptors (Lipinski definition) is 8. The predicted molar refractivity (Wildman–Crippen MR) is 167 cm³/mol. The van der Waals surface area contributed by atoms with Crippen LogP contribution in [-0.4, -0.2) is 51.3 Å². The zero-order valence-corrected chi connectivity index (χ0v) is 27.0. The zero-order valence-electron chi connectivity index (χ0n) is 27.0. The van der Waals surface area contributed by atoms with Crippen LogP contribution < -0.4 is 0 Å². The molecule has 0 amide bonds. The summed E-state index contributed by atoms with van der Waals surface area (Å²) in [6, 6.07) is 16.4. The van der Waals surface area contributed by atoms with Crippen LogP contribution in [0.3, 0.4) is 0 Å². The third-order valence-corrected chi connectivity index (χ3v) is 8.37. The van der Waals surface area contributed by atoms with Crippen molar-refractivity contribution in [2.45, 2.75) is 78.1 Å². The first-order valence-electron chi connectivity index (χ1n) is 15.8. The lowest BCUT2D eigenvalue weighted by atomic mass is 9.52. The first kappa shape index (κ1) is 34.8. The van der Waals surface area contributed by atoms with Crippen LogP contribution in [0.1, 0.15) is 87.5 Å². The number of unbranched alkanes of at least 4 members (excludes halogenated alkanes) is 2. The van der Waals surface area contributed by atoms with Gasteiger partial charge in [-0.05, 0) is 60.8 Å². The molecule has 8 nitrogen and oxygen atoms in total. The Hall–Kier alpha value is -3.68. The number of methoxy groups -OCH3 is 2. The molecule has 240 valence electrons. The van der Waals surface area contributed by atoms with Gasteiger partial charge in [0, 0.05) is 11.8 Å². The number of carbonyl (C=O) groups excluding carboxylic acids is 4. The van der Waals surface area contributed by atoms with Crippen molar-refractivity contribution in [3.63, 3.8) is 0 Å². The van der Waals surface area contributed by atoms with Gasteiger partial charge in [0.1, 0.15) is 0 Å². The molecule has 1 aliphatic rings. The summed E-state index contributed by atoms with van der Waals surface area (Å²) in [5, 5.41) is 0. The van der Waals surface area contributed by atoms with Crippen LogP contribution in [0, 0.1) is 23.7 Å². The molecule has 1 saturated carbocycles. The molecule has 0 heterocycles. The summed E-state index contributed by atoms with van der Waals surface area (Å²) in [5.41, 5.74) is 4.25. The van der Waals surface area contributed by atoms with E-state index >= 15 is 0 Å². The van der Waals surface area contributed by atoms with Crippen LogP contribution in [0.25, 0.3) is 0 Å². The van der Waals surface area contributed by atoms with Crippen molar-refractivity contribution in [2.75, 3.05) is 27.4 Å². The largest absolute Gasteiger partial charge is 0.469 e. The van der Waals surface area contributed by atoms with E-state index in [2.05, 4.69) is 24.3 Å². The molecule has 8 heteroatoms. The first-order valence-corrected chi connectivity index (χ1v) is 15.8. The van der Waals surface area contributed by atoms with E-state index in [0.29, 0.717) is 13.2 Å². The number of rotatable bonds is 16. The molecule has 0 N–H and O–H groups in total. The Morgan fingerprint density at radius 2 is 0.909 bits per heavy atom. The summed E-state index contributed by atoms with van der Waals surface area (Å²) in [4.78, 5) is 49.2. The maximum absolute atomic E-state index is 13.0. The van der Waals surface area contributed by atoms with E-state index in [1.165, 1.54) is 14.2 Å². The maximum atomic E-state index is 13.0. The molecule has 0 aliphatic heterocycles. The second kappa shape index (κ2) is 17.0. The number of benzene rings is 2. The Labute approximate surface area is 261 Å². The van der Waals surface area contributed by atoms with Crippen LogP contribution in [0.2, 0.25) is 0 Å². The molecule has 0 saturated heterocycles. The van der Waals surface area contributed by atoms with Gasteiger partial charge in [-0.3, -0.25) is 19.2 Å². The van der Waals surface area contributed by atoms with Gasteiger partial charge in [0.25, 0.3) is 0 Å². The summed E-state index contributed by atoms with van der Waals surface area (Å²) < 4.78 is 20.8. The normalized spacial score (nSPS) is 19.3. The summed E-state index contributed by atoms with van der Waals surface area (Å²) in [6.07, 6.45) is 5.05. The van der Waals surface area contributed by atoms with E-state index < -0.39 is 23.8 Å². The Morgan fingerprint density at radius 3 is 1.20 bits per heavy atom. The Kier molecular flexibility index (Phi) is 13.4. The van der Waals surface area contributed by atoms with Crippen molar-refractivity contribution in [3.8, 4) is 0 Å². The topological polar surface area (TPSA) is 105 Å². The second-order valence-corrected chi connectivity index (χ2v) is 12.2. The van der Waals surface area contributed by atoms with Gasteiger partial charge in [0.2, 0.25) is 0 Å². The van der Waals surface area contributed by atoms with E-state index in [-0.39, 0.29) is 35.6 Å². The lowest BCUT2D eigenvalue weighted by Crippen LogP contribution is -2.52. The van der Waals surface area contributed by atoms with E-state index in [9.17, 15) is 19.2 Å². The van der Waals surface area contributed by atoms with Gasteiger partial charge in [0.15, 0.2) is 0 Å². The molecule has 0 bridgehead atoms. The van der Waals surface area contributed by atoms with Gasteiger partial charge in [-0.1, -0.05) is 76.2 Å². The molecule has 1 fully saturated rings. The van der Waals surface area contributed by atoms with Gasteiger partial charge in [-0.2, -0.15) is 0 Å². The summed E-state index contributed by atoms with van der Waals surface area (Å²) >= 11 is 0. The Balaban J connectivity index is 1.69. The van der Waals surface area contributed by atoms with Crippen molar-refractivity contribution in [3.05, 3.63) is 70.8 Å². The van der Waals surface area contributed by atoms with E-state index in [1.807, 2.05) is 52.0 Å². The summed E-state index contributed by atoms with van der Waals surface area (Å²) in [6.45, 7) is 8.13. The molecule has 2 aromatic carbocycles. The molecular weight excluding hydrogens is 560 g/mol. The number of aryl methyl sites for hydroxylation is 2. The van der Waals surface area contributed by atoms with Crippen LogP contribution in [0.5, 0.6) is 0 Å². The van der Waals surface area contributed by atoms with Gasteiger partial charge in [-0.25, -0.2) is 0 Å². The van der Waals surface area contributed by atoms with Crippen molar-refractivity contribution in [1.82, 2.24) is 0 Å². The first-order chi connectivity index (χ1) is 21.1. The molecular formula is C36H48O8. The van der Waals surface area contributed by atoms with Crippen LogP contribution in [0.4, 0.5) is 0 Å². The van der Waals surface area contributed by atoms with Gasteiger partial charge >= 0.3 is 23.9 Å². The molecule has 0 unspecified atom stereocenters. The van der Waals surface area contributed by atoms with Crippen molar-refractivity contribution < 1.29 is 38.1 Å². The molecule has 1 aliphatic carbocycles. The highest BCUT2D eigenvalue weighted by molar-refractivity contribution is 5.87. The molecule has 2 aromatic rings. The maximum Gasteiger partial charge on any atom is 0.310 e. The molecule has 3 rings (SSSR count). The molecule has 0 spiro atoms. The van der Waals surface area contributed by atoms with Crippen molar-refractivity contribution in [2.24, 2.45) is 23.7 Å². The number of hydrogen-bond donors (Lipinski definition) is 0. The Morgan fingerprint density at radius 1 is 0.568 bits per heavy atom. The smallest absolute Gasteiger partial charge is 0.310 e. The summed E-state index contributed by atoms with van der Waals surface area (Å²) in [5.74, 6) is -3.21. The van der Waals surface area contributed by atoms with Gasteiger partial charge in [0.05, 0.1) is 51.1 Å². The molecule has 0 aromatic heterocycles. The van der Waals surface area contributed by atoms with E-state index in [0.717, 1.165) is 60.8 Å². The molecule has 0 radical (unpaired) electrons. The number of esters is 4. The Bertz CT molecular complexity index is 1130. The highest BCUT2D eigenvalue weighted by atomic mass is 16.5. The number of carbonyl (C=O) groups is 4. The SMILES string of the molecule is COC(=O)[C@@H]1[C@H](C(=O)OC)[C@@H](c2ccc(CCCCOC(=O)C(C)C)cc2)[C@H]1c1ccc(CCCCOC(=O)C(C)C)cc1. The van der Waals surface area contributed by atoms with E-state index in [4.69, 9.17) is 18.9 Å². The van der Waals surface area contributed by atoms with Gasteiger partial charge in [-0.15, -0.1) is 0 Å². The number of ether oxygens (including phenoxy) is 4. The average molecular weight is 609 g/mol. The van der Waals surface area contributed by atoms with Crippen LogP contribution in [0.15, 0.2) is 48.5 Å². The average Bonchev–Trinajstić information content (AvgIpc) is 3.01. The third-order valence-electron chi connectivity index (χ3n) is 8.37. The standard InChI is InChI=1S/C36H48O8/c1-23(2)33(37)43-21-9-7-11-25-13-17-27(18-14-25)29-30(32(36(40)42-6)31(29)35(39)41-5)28-19-15-26(16-20-28)12-8-10-22-44-34(38)24(3)4/h13-20,23-24,29-32H,7-12,21-22H2,1-6H3/t29-,30+,31+,32-. The highest BCUT2D eigenvalue weighted by Gasteiger charge is 2.59. The fourth-order valence-corrected chi connectivity index (χ4v) is 5.79. The van der Waals surface area contributed by atoms with Crippen LogP contribution in [-0.2, 0) is 51.0 Å². The van der Waals surface area contributed by atoms with E-state index in [1.54, 1.807) is 0 Å². The minimum Gasteiger partial charge on any atom is -0.469 e. The van der Waals surface area contributed by atoms with Gasteiger partial charge < -0.3 is 18.9 Å². The molecule has 44 heavy (non-hydrogen) atoms. The lowest BCUT2D eigenvalue weighted by molar-refractivity contribution is -0.168. The lowest BCUT2D eigenvalue weighted by Gasteiger charge is -2.49. The predicted octanol–water partition coefficient (Wildman–Crippen LogP) is 6.19. The highest BCUT2D eigenvalue weighted by Crippen LogP contribution is 2.58. The van der Waals surface area contributed by atoms with Crippen molar-refractivity contribution >= 4 is 23.9 Å². The zero-order chi connectivity index (χ0) is 32.2. The second-order valence-electron chi connectivity index (χ2n) is 12.2. The monoisotopic (exact) mass is 608 g/mol. The van der Waals surface area contributed by atoms with Crippen LogP contribution >= 0.6 is 0 Å². The summed E-state index contributed by atoms with van der Waals surface area (Å²) in [7, 11) is 2.70. The fraction of sp³-hybridized carbons (Fsp3) is 0.556. The van der Waals surface area contributed by atoms with Crippen molar-refractivity contribution in [1.29, 1.82) is 0 Å². The fourth-order valence-electron chi connectivity index (χ4n) is 5.79.